The fourth-order valence-electron chi connectivity index (χ4n) is 4.00. The number of pyridine rings is 1. The molecule has 2 aliphatic heterocycles. The topological polar surface area (TPSA) is 118 Å². The molecule has 1 aromatic rings. The number of amides is 2. The van der Waals surface area contributed by atoms with Crippen molar-refractivity contribution in [2.45, 2.75) is 50.4 Å². The van der Waals surface area contributed by atoms with Gasteiger partial charge in [-0.2, -0.15) is 0 Å². The largest absolute Gasteiger partial charge is 0.388 e. The lowest BCUT2D eigenvalue weighted by atomic mass is 9.75. The summed E-state index contributed by atoms with van der Waals surface area (Å²) in [6.45, 7) is 4.76. The second-order valence-corrected chi connectivity index (χ2v) is 7.51. The molecule has 1 spiro atoms. The number of piperidine rings is 1. The highest BCUT2D eigenvalue weighted by Gasteiger charge is 2.49. The minimum atomic E-state index is -1.03. The van der Waals surface area contributed by atoms with E-state index in [-0.39, 0.29) is 12.5 Å². The average Bonchev–Trinajstić information content (AvgIpc) is 2.57. The van der Waals surface area contributed by atoms with E-state index in [0.717, 1.165) is 0 Å². The molecule has 2 aliphatic rings. The van der Waals surface area contributed by atoms with Crippen LogP contribution in [0.4, 0.5) is 5.82 Å². The quantitative estimate of drug-likeness (QED) is 0.707. The van der Waals surface area contributed by atoms with Crippen molar-refractivity contribution in [3.05, 3.63) is 23.9 Å². The first kappa shape index (κ1) is 18.6. The summed E-state index contributed by atoms with van der Waals surface area (Å²) in [7, 11) is 0. The van der Waals surface area contributed by atoms with Gasteiger partial charge in [0.05, 0.1) is 29.4 Å². The Hall–Kier alpha value is -2.19. The first-order chi connectivity index (χ1) is 12.2. The van der Waals surface area contributed by atoms with Crippen molar-refractivity contribution in [3.8, 4) is 0 Å². The Labute approximate surface area is 152 Å². The zero-order valence-electron chi connectivity index (χ0n) is 15.2. The fraction of sp³-hybridized carbons (Fsp3) is 0.611. The van der Waals surface area contributed by atoms with Crippen molar-refractivity contribution in [1.29, 1.82) is 0 Å². The van der Waals surface area contributed by atoms with Crippen LogP contribution in [-0.4, -0.2) is 58.8 Å². The summed E-state index contributed by atoms with van der Waals surface area (Å²) in [6, 6.07) is 2.95. The number of hydrogen-bond donors (Lipinski definition) is 3. The van der Waals surface area contributed by atoms with Crippen molar-refractivity contribution in [2.75, 3.05) is 24.6 Å². The Morgan fingerprint density at radius 2 is 2.12 bits per heavy atom. The van der Waals surface area contributed by atoms with E-state index in [9.17, 15) is 14.7 Å². The number of nitrogens with two attached hydrogens (primary N) is 1. The molecule has 26 heavy (non-hydrogen) atoms. The Bertz CT molecular complexity index is 698. The Balaban J connectivity index is 1.69. The molecule has 8 heteroatoms. The molecule has 1 aromatic heterocycles. The van der Waals surface area contributed by atoms with E-state index in [4.69, 9.17) is 10.5 Å². The van der Waals surface area contributed by atoms with E-state index in [1.54, 1.807) is 25.3 Å². The highest BCUT2D eigenvalue weighted by Crippen LogP contribution is 2.40. The summed E-state index contributed by atoms with van der Waals surface area (Å²) in [5, 5.41) is 13.6. The highest BCUT2D eigenvalue weighted by molar-refractivity contribution is 5.97. The van der Waals surface area contributed by atoms with Crippen LogP contribution in [-0.2, 0) is 9.53 Å². The molecule has 8 nitrogen and oxygen atoms in total. The molecular weight excluding hydrogens is 336 g/mol. The molecule has 2 amide bonds. The minimum absolute atomic E-state index is 0.182. The number of hydrogen-bond acceptors (Lipinski definition) is 6. The van der Waals surface area contributed by atoms with Crippen LogP contribution in [0.1, 0.15) is 43.5 Å². The number of carbonyl (C=O) groups excluding carboxylic acids is 2. The van der Waals surface area contributed by atoms with Gasteiger partial charge in [0, 0.05) is 32.6 Å². The SMILES string of the molecule is CC(=O)N[C@H]1COC2(CCN(c3ncccc3C(N)=O)CC2)C[C@]1(C)O. The normalized spacial score (nSPS) is 28.0. The molecule has 3 heterocycles. The summed E-state index contributed by atoms with van der Waals surface area (Å²) < 4.78 is 6.10. The molecule has 2 fully saturated rings. The number of anilines is 1. The predicted octanol–water partition coefficient (Wildman–Crippen LogP) is 0.196. The first-order valence-corrected chi connectivity index (χ1v) is 8.86. The van der Waals surface area contributed by atoms with Gasteiger partial charge in [-0.1, -0.05) is 0 Å². The molecule has 0 aliphatic carbocycles. The smallest absolute Gasteiger partial charge is 0.252 e. The summed E-state index contributed by atoms with van der Waals surface area (Å²) in [5.74, 6) is -0.0873. The molecular formula is C18H26N4O4. The number of aliphatic hydroxyl groups is 1. The molecule has 0 unspecified atom stereocenters. The Morgan fingerprint density at radius 1 is 1.42 bits per heavy atom. The summed E-state index contributed by atoms with van der Waals surface area (Å²) in [4.78, 5) is 29.3. The van der Waals surface area contributed by atoms with Crippen LogP contribution >= 0.6 is 0 Å². The van der Waals surface area contributed by atoms with E-state index >= 15 is 0 Å². The van der Waals surface area contributed by atoms with Gasteiger partial charge in [0.1, 0.15) is 5.82 Å². The summed E-state index contributed by atoms with van der Waals surface area (Å²) in [5.41, 5.74) is 4.39. The highest BCUT2D eigenvalue weighted by atomic mass is 16.5. The molecule has 2 saturated heterocycles. The van der Waals surface area contributed by atoms with E-state index in [1.807, 2.05) is 4.90 Å². The van der Waals surface area contributed by atoms with Gasteiger partial charge in [0.2, 0.25) is 5.91 Å². The molecule has 2 atom stereocenters. The predicted molar refractivity (Wildman–Crippen MR) is 95.7 cm³/mol. The lowest BCUT2D eigenvalue weighted by Crippen LogP contribution is -2.63. The van der Waals surface area contributed by atoms with Crippen molar-refractivity contribution in [1.82, 2.24) is 10.3 Å². The lowest BCUT2D eigenvalue weighted by molar-refractivity contribution is -0.180. The minimum Gasteiger partial charge on any atom is -0.388 e. The molecule has 3 rings (SSSR count). The fourth-order valence-corrected chi connectivity index (χ4v) is 4.00. The van der Waals surface area contributed by atoms with Crippen molar-refractivity contribution < 1.29 is 19.4 Å². The third-order valence-corrected chi connectivity index (χ3v) is 5.39. The number of ether oxygens (including phenoxy) is 1. The van der Waals surface area contributed by atoms with Crippen molar-refractivity contribution in [3.63, 3.8) is 0 Å². The van der Waals surface area contributed by atoms with Crippen LogP contribution in [0.5, 0.6) is 0 Å². The third-order valence-electron chi connectivity index (χ3n) is 5.39. The average molecular weight is 362 g/mol. The van der Waals surface area contributed by atoms with Crippen molar-refractivity contribution in [2.24, 2.45) is 5.73 Å². The van der Waals surface area contributed by atoms with Gasteiger partial charge in [-0.25, -0.2) is 4.98 Å². The van der Waals surface area contributed by atoms with Gasteiger partial charge in [0.25, 0.3) is 5.91 Å². The molecule has 0 aromatic carbocycles. The van der Waals surface area contributed by atoms with Crippen LogP contribution in [0, 0.1) is 0 Å². The third kappa shape index (κ3) is 3.66. The number of nitrogens with one attached hydrogen (secondary N) is 1. The van der Waals surface area contributed by atoms with Gasteiger partial charge in [-0.05, 0) is 31.9 Å². The van der Waals surface area contributed by atoms with Gasteiger partial charge >= 0.3 is 0 Å². The maximum atomic E-state index is 11.6. The van der Waals surface area contributed by atoms with Gasteiger partial charge in [-0.15, -0.1) is 0 Å². The number of aromatic nitrogens is 1. The second-order valence-electron chi connectivity index (χ2n) is 7.51. The van der Waals surface area contributed by atoms with E-state index in [1.165, 1.54) is 6.92 Å². The Morgan fingerprint density at radius 3 is 2.69 bits per heavy atom. The Kier molecular flexibility index (Phi) is 4.90. The number of nitrogens with zero attached hydrogens (tertiary/aromatic N) is 2. The second kappa shape index (κ2) is 6.85. The van der Waals surface area contributed by atoms with Crippen LogP contribution in [0.3, 0.4) is 0 Å². The lowest BCUT2D eigenvalue weighted by Gasteiger charge is -2.51. The zero-order valence-corrected chi connectivity index (χ0v) is 15.2. The standard InChI is InChI=1S/C18H26N4O4/c1-12(23)21-14-10-26-18(11-17(14,2)25)5-8-22(9-6-18)16-13(15(19)24)4-3-7-20-16/h3-4,7,14,25H,5-6,8-11H2,1-2H3,(H2,19,24)(H,21,23)/t14-,17-/m0/s1. The molecule has 0 radical (unpaired) electrons. The molecule has 0 bridgehead atoms. The molecule has 142 valence electrons. The first-order valence-electron chi connectivity index (χ1n) is 8.86. The number of carbonyl (C=O) groups is 2. The van der Waals surface area contributed by atoms with Crippen LogP contribution in [0.25, 0.3) is 0 Å². The number of primary amides is 1. The monoisotopic (exact) mass is 362 g/mol. The van der Waals surface area contributed by atoms with Gasteiger partial charge in [0.15, 0.2) is 0 Å². The maximum absolute atomic E-state index is 11.6. The van der Waals surface area contributed by atoms with Crippen LogP contribution < -0.4 is 16.0 Å². The molecule has 4 N–H and O–H groups in total. The number of rotatable bonds is 3. The van der Waals surface area contributed by atoms with Crippen molar-refractivity contribution >= 4 is 17.6 Å². The van der Waals surface area contributed by atoms with E-state index in [2.05, 4.69) is 10.3 Å². The summed E-state index contributed by atoms with van der Waals surface area (Å²) >= 11 is 0. The molecule has 0 saturated carbocycles. The summed E-state index contributed by atoms with van der Waals surface area (Å²) in [6.07, 6.45) is 3.49. The van der Waals surface area contributed by atoms with Gasteiger partial charge < -0.3 is 25.8 Å². The van der Waals surface area contributed by atoms with Gasteiger partial charge in [-0.3, -0.25) is 9.59 Å². The van der Waals surface area contributed by atoms with Crippen LogP contribution in [0.15, 0.2) is 18.3 Å². The zero-order chi connectivity index (χ0) is 18.9. The van der Waals surface area contributed by atoms with E-state index < -0.39 is 23.2 Å². The van der Waals surface area contributed by atoms with Crippen LogP contribution in [0.2, 0.25) is 0 Å². The maximum Gasteiger partial charge on any atom is 0.252 e. The van der Waals surface area contributed by atoms with E-state index in [0.29, 0.717) is 43.7 Å².